The minimum atomic E-state index is 0. The Hall–Kier alpha value is -2.09. The van der Waals surface area contributed by atoms with Crippen LogP contribution >= 0.6 is 12.4 Å². The van der Waals surface area contributed by atoms with Gasteiger partial charge in [-0.05, 0) is 51.2 Å². The van der Waals surface area contributed by atoms with Crippen molar-refractivity contribution in [2.45, 2.75) is 19.4 Å². The van der Waals surface area contributed by atoms with Crippen molar-refractivity contribution in [2.24, 2.45) is 5.73 Å². The molecule has 1 atom stereocenters. The fraction of sp³-hybridized carbons (Fsp3) is 0.143. The molecule has 4 rings (SSSR count). The lowest BCUT2D eigenvalue weighted by atomic mass is 9.89. The van der Waals surface area contributed by atoms with Crippen LogP contribution in [0.25, 0.3) is 32.3 Å². The highest BCUT2D eigenvalue weighted by Gasteiger charge is 2.14. The predicted octanol–water partition coefficient (Wildman–Crippen LogP) is 5.97. The van der Waals surface area contributed by atoms with E-state index in [-0.39, 0.29) is 18.4 Å². The van der Waals surface area contributed by atoms with Gasteiger partial charge in [-0.3, -0.25) is 0 Å². The maximum atomic E-state index is 6.43. The van der Waals surface area contributed by atoms with E-state index in [1.165, 1.54) is 37.9 Å². The second-order valence-electron chi connectivity index (χ2n) is 6.28. The summed E-state index contributed by atoms with van der Waals surface area (Å²) in [6.07, 6.45) is 0.823. The number of nitrogens with two attached hydrogens (primary N) is 1. The standard InChI is InChI=1S/C21H19N.ClH/c1-13(2)12-19(22)17-10-8-16-7-6-14-4-3-5-15-9-11-18(17)21(16)20(14)15;/h3-11,19H,1,12,22H2,2H3;1H/t19-;/m0./s1. The molecule has 0 aliphatic carbocycles. The van der Waals surface area contributed by atoms with Crippen LogP contribution in [0.4, 0.5) is 0 Å². The molecule has 0 fully saturated rings. The Kier molecular flexibility index (Phi) is 4.01. The number of hydrogen-bond donors (Lipinski definition) is 1. The lowest BCUT2D eigenvalue weighted by molar-refractivity contribution is 0.723. The molecule has 0 heterocycles. The average molecular weight is 322 g/mol. The summed E-state index contributed by atoms with van der Waals surface area (Å²) in [7, 11) is 0. The van der Waals surface area contributed by atoms with E-state index in [9.17, 15) is 0 Å². The van der Waals surface area contributed by atoms with Crippen LogP contribution in [0.15, 0.2) is 66.7 Å². The summed E-state index contributed by atoms with van der Waals surface area (Å²) in [5, 5.41) is 7.83. The Morgan fingerprint density at radius 1 is 0.913 bits per heavy atom. The average Bonchev–Trinajstić information content (AvgIpc) is 2.51. The van der Waals surface area contributed by atoms with Crippen LogP contribution in [0.2, 0.25) is 0 Å². The van der Waals surface area contributed by atoms with Crippen LogP contribution in [-0.2, 0) is 0 Å². The number of halogens is 1. The van der Waals surface area contributed by atoms with Gasteiger partial charge in [0.1, 0.15) is 0 Å². The number of benzene rings is 4. The molecule has 1 nitrogen and oxygen atoms in total. The van der Waals surface area contributed by atoms with Crippen molar-refractivity contribution in [3.05, 3.63) is 72.3 Å². The van der Waals surface area contributed by atoms with Gasteiger partial charge in [-0.2, -0.15) is 0 Å². The number of rotatable bonds is 3. The van der Waals surface area contributed by atoms with Gasteiger partial charge in [-0.25, -0.2) is 0 Å². The van der Waals surface area contributed by atoms with Crippen molar-refractivity contribution >= 4 is 44.7 Å². The van der Waals surface area contributed by atoms with Crippen molar-refractivity contribution in [1.82, 2.24) is 0 Å². The summed E-state index contributed by atoms with van der Waals surface area (Å²) in [4.78, 5) is 0. The van der Waals surface area contributed by atoms with E-state index < -0.39 is 0 Å². The zero-order chi connectivity index (χ0) is 15.3. The first kappa shape index (κ1) is 15.8. The second-order valence-corrected chi connectivity index (χ2v) is 6.28. The fourth-order valence-corrected chi connectivity index (χ4v) is 3.57. The maximum Gasteiger partial charge on any atom is 0.0338 e. The quantitative estimate of drug-likeness (QED) is 0.365. The van der Waals surface area contributed by atoms with Crippen molar-refractivity contribution in [3.63, 3.8) is 0 Å². The largest absolute Gasteiger partial charge is 0.324 e. The topological polar surface area (TPSA) is 26.0 Å². The van der Waals surface area contributed by atoms with Gasteiger partial charge in [-0.15, -0.1) is 19.0 Å². The highest BCUT2D eigenvalue weighted by atomic mass is 35.5. The van der Waals surface area contributed by atoms with E-state index in [0.717, 1.165) is 12.0 Å². The summed E-state index contributed by atoms with van der Waals surface area (Å²) in [5.74, 6) is 0. The molecule has 2 N–H and O–H groups in total. The van der Waals surface area contributed by atoms with Crippen molar-refractivity contribution in [3.8, 4) is 0 Å². The Morgan fingerprint density at radius 3 is 2.13 bits per heavy atom. The highest BCUT2D eigenvalue weighted by Crippen LogP contribution is 2.37. The smallest absolute Gasteiger partial charge is 0.0338 e. The Morgan fingerprint density at radius 2 is 1.48 bits per heavy atom. The van der Waals surface area contributed by atoms with E-state index in [1.54, 1.807) is 0 Å². The Bertz CT molecular complexity index is 987. The van der Waals surface area contributed by atoms with E-state index >= 15 is 0 Å². The normalized spacial score (nSPS) is 12.6. The van der Waals surface area contributed by atoms with Gasteiger partial charge in [0.15, 0.2) is 0 Å². The molecule has 0 amide bonds. The van der Waals surface area contributed by atoms with Crippen LogP contribution in [-0.4, -0.2) is 0 Å². The Balaban J connectivity index is 0.00000156. The monoisotopic (exact) mass is 321 g/mol. The summed E-state index contributed by atoms with van der Waals surface area (Å²) in [6, 6.07) is 19.7. The van der Waals surface area contributed by atoms with Crippen molar-refractivity contribution in [2.75, 3.05) is 0 Å². The predicted molar refractivity (Wildman–Crippen MR) is 104 cm³/mol. The minimum Gasteiger partial charge on any atom is -0.324 e. The second kappa shape index (κ2) is 5.84. The van der Waals surface area contributed by atoms with Crippen molar-refractivity contribution in [1.29, 1.82) is 0 Å². The van der Waals surface area contributed by atoms with E-state index in [4.69, 9.17) is 5.73 Å². The first-order valence-corrected chi connectivity index (χ1v) is 7.71. The molecule has 116 valence electrons. The molecule has 4 aromatic carbocycles. The summed E-state index contributed by atoms with van der Waals surface area (Å²) >= 11 is 0. The van der Waals surface area contributed by atoms with Gasteiger partial charge < -0.3 is 5.73 Å². The molecule has 0 aromatic heterocycles. The van der Waals surface area contributed by atoms with E-state index in [2.05, 4.69) is 61.2 Å². The van der Waals surface area contributed by atoms with Gasteiger partial charge in [0, 0.05) is 6.04 Å². The van der Waals surface area contributed by atoms with Crippen molar-refractivity contribution < 1.29 is 0 Å². The summed E-state index contributed by atoms with van der Waals surface area (Å²) in [6.45, 7) is 6.04. The van der Waals surface area contributed by atoms with Crippen LogP contribution in [0, 0.1) is 0 Å². The molecule has 0 aliphatic rings. The molecule has 0 radical (unpaired) electrons. The molecule has 0 aliphatic heterocycles. The molecule has 0 unspecified atom stereocenters. The molecular formula is C21H20ClN. The molecule has 0 saturated carbocycles. The van der Waals surface area contributed by atoms with Gasteiger partial charge in [-0.1, -0.05) is 60.2 Å². The van der Waals surface area contributed by atoms with E-state index in [0.29, 0.717) is 0 Å². The summed E-state index contributed by atoms with van der Waals surface area (Å²) in [5.41, 5.74) is 8.77. The first-order chi connectivity index (χ1) is 10.6. The number of hydrogen-bond acceptors (Lipinski definition) is 1. The van der Waals surface area contributed by atoms with Crippen LogP contribution in [0.1, 0.15) is 24.9 Å². The minimum absolute atomic E-state index is 0. The zero-order valence-corrected chi connectivity index (χ0v) is 14.0. The zero-order valence-electron chi connectivity index (χ0n) is 13.2. The molecule has 0 saturated heterocycles. The molecule has 4 aromatic rings. The summed E-state index contributed by atoms with van der Waals surface area (Å²) < 4.78 is 0. The lowest BCUT2D eigenvalue weighted by Gasteiger charge is -2.18. The molecule has 2 heteroatoms. The molecular weight excluding hydrogens is 302 g/mol. The van der Waals surface area contributed by atoms with Crippen LogP contribution in [0.3, 0.4) is 0 Å². The lowest BCUT2D eigenvalue weighted by Crippen LogP contribution is -2.11. The SMILES string of the molecule is C=C(C)C[C@H](N)c1ccc2ccc3cccc4ccc1c2c34.Cl. The van der Waals surface area contributed by atoms with Crippen LogP contribution in [0.5, 0.6) is 0 Å². The molecule has 0 spiro atoms. The maximum absolute atomic E-state index is 6.43. The van der Waals surface area contributed by atoms with E-state index in [1.807, 2.05) is 6.92 Å². The third-order valence-corrected chi connectivity index (χ3v) is 4.53. The fourth-order valence-electron chi connectivity index (χ4n) is 3.57. The van der Waals surface area contributed by atoms with Gasteiger partial charge in [0.2, 0.25) is 0 Å². The highest BCUT2D eigenvalue weighted by molar-refractivity contribution is 6.23. The van der Waals surface area contributed by atoms with Gasteiger partial charge in [0.25, 0.3) is 0 Å². The molecule has 0 bridgehead atoms. The Labute approximate surface area is 142 Å². The molecule has 23 heavy (non-hydrogen) atoms. The third-order valence-electron chi connectivity index (χ3n) is 4.53. The third kappa shape index (κ3) is 2.46. The van der Waals surface area contributed by atoms with Crippen LogP contribution < -0.4 is 5.73 Å². The van der Waals surface area contributed by atoms with Gasteiger partial charge >= 0.3 is 0 Å². The first-order valence-electron chi connectivity index (χ1n) is 7.71. The van der Waals surface area contributed by atoms with Gasteiger partial charge in [0.05, 0.1) is 0 Å².